The number of nitrogens with two attached hydrogens (primary N) is 1. The Kier molecular flexibility index (Phi) is 6.67. The number of benzene rings is 1. The third kappa shape index (κ3) is 5.07. The highest BCUT2D eigenvalue weighted by atomic mass is 16.2. The molecule has 0 radical (unpaired) electrons. The van der Waals surface area contributed by atoms with Gasteiger partial charge in [0.1, 0.15) is 0 Å². The Bertz CT molecular complexity index is 597. The van der Waals surface area contributed by atoms with Crippen molar-refractivity contribution in [1.82, 2.24) is 9.80 Å². The average Bonchev–Trinajstić information content (AvgIpc) is 2.68. The Morgan fingerprint density at radius 1 is 1.00 bits per heavy atom. The maximum absolute atomic E-state index is 12.9. The van der Waals surface area contributed by atoms with Crippen molar-refractivity contribution in [3.05, 3.63) is 35.9 Å². The minimum Gasteiger partial charge on any atom is -0.369 e. The summed E-state index contributed by atoms with van der Waals surface area (Å²) < 4.78 is 0. The maximum atomic E-state index is 12.9. The fourth-order valence-electron chi connectivity index (χ4n) is 4.26. The van der Waals surface area contributed by atoms with Gasteiger partial charge in [-0.1, -0.05) is 30.3 Å². The van der Waals surface area contributed by atoms with E-state index in [0.29, 0.717) is 12.6 Å². The molecule has 2 fully saturated rings. The summed E-state index contributed by atoms with van der Waals surface area (Å²) in [6, 6.07) is 10.9. The normalized spacial score (nSPS) is 22.3. The highest BCUT2D eigenvalue weighted by molar-refractivity contribution is 5.79. The van der Waals surface area contributed by atoms with E-state index in [4.69, 9.17) is 5.73 Å². The minimum atomic E-state index is -0.201. The molecule has 0 aromatic heterocycles. The fourth-order valence-corrected chi connectivity index (χ4v) is 4.26. The molecule has 2 aliphatic rings. The van der Waals surface area contributed by atoms with Gasteiger partial charge in [-0.05, 0) is 63.6 Å². The molecule has 2 saturated heterocycles. The number of amides is 2. The van der Waals surface area contributed by atoms with Gasteiger partial charge in [-0.3, -0.25) is 14.5 Å². The van der Waals surface area contributed by atoms with Crippen LogP contribution in [0.4, 0.5) is 0 Å². The number of piperidine rings is 2. The van der Waals surface area contributed by atoms with Crippen LogP contribution in [-0.4, -0.2) is 53.8 Å². The molecule has 1 aromatic rings. The van der Waals surface area contributed by atoms with E-state index in [9.17, 15) is 9.59 Å². The first-order chi connectivity index (χ1) is 12.6. The Labute approximate surface area is 156 Å². The highest BCUT2D eigenvalue weighted by Gasteiger charge is 2.29. The van der Waals surface area contributed by atoms with Crippen LogP contribution in [0.5, 0.6) is 0 Å². The lowest BCUT2D eigenvalue weighted by molar-refractivity contribution is -0.136. The number of hydrogen-bond donors (Lipinski definition) is 1. The van der Waals surface area contributed by atoms with Gasteiger partial charge in [0.05, 0.1) is 6.54 Å². The van der Waals surface area contributed by atoms with Gasteiger partial charge < -0.3 is 10.6 Å². The number of carbonyl (C=O) groups is 2. The van der Waals surface area contributed by atoms with E-state index in [2.05, 4.69) is 34.1 Å². The van der Waals surface area contributed by atoms with Crippen LogP contribution in [0.3, 0.4) is 0 Å². The van der Waals surface area contributed by atoms with Gasteiger partial charge in [0.2, 0.25) is 11.8 Å². The van der Waals surface area contributed by atoms with Crippen LogP contribution in [0.25, 0.3) is 0 Å². The number of nitrogens with zero attached hydrogens (tertiary/aromatic N) is 2. The van der Waals surface area contributed by atoms with Gasteiger partial charge in [0.15, 0.2) is 0 Å². The molecule has 2 amide bonds. The lowest BCUT2D eigenvalue weighted by atomic mass is 9.95. The maximum Gasteiger partial charge on any atom is 0.236 e. The number of aryl methyl sites for hydroxylation is 1. The van der Waals surface area contributed by atoms with Crippen LogP contribution >= 0.6 is 0 Å². The number of carbonyl (C=O) groups excluding carboxylic acids is 2. The van der Waals surface area contributed by atoms with E-state index in [0.717, 1.165) is 58.2 Å². The van der Waals surface area contributed by atoms with Crippen LogP contribution < -0.4 is 5.73 Å². The summed E-state index contributed by atoms with van der Waals surface area (Å²) in [5.74, 6) is 0.0308. The summed E-state index contributed by atoms with van der Waals surface area (Å²) in [5.41, 5.74) is 6.74. The first-order valence-electron chi connectivity index (χ1n) is 9.98. The third-order valence-corrected chi connectivity index (χ3v) is 5.91. The van der Waals surface area contributed by atoms with Crippen LogP contribution in [0.1, 0.15) is 44.1 Å². The molecular formula is C21H31N3O2. The molecule has 142 valence electrons. The monoisotopic (exact) mass is 357 g/mol. The first-order valence-corrected chi connectivity index (χ1v) is 9.98. The largest absolute Gasteiger partial charge is 0.369 e. The lowest BCUT2D eigenvalue weighted by Gasteiger charge is -2.38. The number of likely N-dealkylation sites (tertiary alicyclic amines) is 2. The summed E-state index contributed by atoms with van der Waals surface area (Å²) in [6.07, 6.45) is 7.06. The molecule has 5 nitrogen and oxygen atoms in total. The van der Waals surface area contributed by atoms with Crippen molar-refractivity contribution in [2.75, 3.05) is 26.2 Å². The predicted molar refractivity (Wildman–Crippen MR) is 102 cm³/mol. The van der Waals surface area contributed by atoms with Gasteiger partial charge in [0, 0.05) is 18.5 Å². The standard InChI is InChI=1S/C21H31N3O2/c22-21(26)18-11-14-23(15-12-18)16-20(25)24-13-5-4-8-19(24)10-9-17-6-2-1-3-7-17/h1-3,6-7,18-19H,4-5,8-16H2,(H2,22,26). The molecular weight excluding hydrogens is 326 g/mol. The van der Waals surface area contributed by atoms with E-state index >= 15 is 0 Å². The summed E-state index contributed by atoms with van der Waals surface area (Å²) >= 11 is 0. The van der Waals surface area contributed by atoms with E-state index in [-0.39, 0.29) is 17.7 Å². The van der Waals surface area contributed by atoms with Gasteiger partial charge in [-0.2, -0.15) is 0 Å². The molecule has 1 aromatic carbocycles. The van der Waals surface area contributed by atoms with E-state index in [1.54, 1.807) is 0 Å². The van der Waals surface area contributed by atoms with Crippen LogP contribution in [0, 0.1) is 5.92 Å². The molecule has 0 aliphatic carbocycles. The van der Waals surface area contributed by atoms with Crippen molar-refractivity contribution in [1.29, 1.82) is 0 Å². The molecule has 3 rings (SSSR count). The first kappa shape index (κ1) is 18.9. The fraction of sp³-hybridized carbons (Fsp3) is 0.619. The molecule has 0 bridgehead atoms. The van der Waals surface area contributed by atoms with Crippen molar-refractivity contribution in [3.63, 3.8) is 0 Å². The average molecular weight is 357 g/mol. The molecule has 26 heavy (non-hydrogen) atoms. The third-order valence-electron chi connectivity index (χ3n) is 5.91. The number of primary amides is 1. The highest BCUT2D eigenvalue weighted by Crippen LogP contribution is 2.23. The summed E-state index contributed by atoms with van der Waals surface area (Å²) in [4.78, 5) is 28.5. The second-order valence-corrected chi connectivity index (χ2v) is 7.71. The molecule has 5 heteroatoms. The van der Waals surface area contributed by atoms with Gasteiger partial charge in [-0.25, -0.2) is 0 Å². The molecule has 0 spiro atoms. The Morgan fingerprint density at radius 2 is 1.73 bits per heavy atom. The minimum absolute atomic E-state index is 0.0186. The summed E-state index contributed by atoms with van der Waals surface area (Å²) in [5, 5.41) is 0. The van der Waals surface area contributed by atoms with Crippen molar-refractivity contribution < 1.29 is 9.59 Å². The van der Waals surface area contributed by atoms with E-state index < -0.39 is 0 Å². The van der Waals surface area contributed by atoms with Crippen molar-refractivity contribution in [2.24, 2.45) is 11.7 Å². The molecule has 2 aliphatic heterocycles. The number of rotatable bonds is 6. The second kappa shape index (κ2) is 9.17. The summed E-state index contributed by atoms with van der Waals surface area (Å²) in [7, 11) is 0. The van der Waals surface area contributed by atoms with Crippen molar-refractivity contribution in [3.8, 4) is 0 Å². The second-order valence-electron chi connectivity index (χ2n) is 7.71. The molecule has 0 saturated carbocycles. The Balaban J connectivity index is 1.50. The van der Waals surface area contributed by atoms with Gasteiger partial charge in [0.25, 0.3) is 0 Å². The Hall–Kier alpha value is -1.88. The predicted octanol–water partition coefficient (Wildman–Crippen LogP) is 2.20. The zero-order valence-corrected chi connectivity index (χ0v) is 15.6. The Morgan fingerprint density at radius 3 is 2.42 bits per heavy atom. The van der Waals surface area contributed by atoms with Gasteiger partial charge >= 0.3 is 0 Å². The van der Waals surface area contributed by atoms with Crippen LogP contribution in [0.15, 0.2) is 30.3 Å². The zero-order valence-electron chi connectivity index (χ0n) is 15.6. The van der Waals surface area contributed by atoms with Crippen LogP contribution in [-0.2, 0) is 16.0 Å². The van der Waals surface area contributed by atoms with Crippen molar-refractivity contribution >= 4 is 11.8 Å². The van der Waals surface area contributed by atoms with Gasteiger partial charge in [-0.15, -0.1) is 0 Å². The van der Waals surface area contributed by atoms with E-state index in [1.807, 2.05) is 6.07 Å². The zero-order chi connectivity index (χ0) is 18.4. The molecule has 2 N–H and O–H groups in total. The van der Waals surface area contributed by atoms with Crippen molar-refractivity contribution in [2.45, 2.75) is 51.0 Å². The van der Waals surface area contributed by atoms with E-state index in [1.165, 1.54) is 12.0 Å². The van der Waals surface area contributed by atoms with Crippen LogP contribution in [0.2, 0.25) is 0 Å². The molecule has 1 atom stereocenters. The number of hydrogen-bond acceptors (Lipinski definition) is 3. The quantitative estimate of drug-likeness (QED) is 0.849. The summed E-state index contributed by atoms with van der Waals surface area (Å²) in [6.45, 7) is 2.95. The smallest absolute Gasteiger partial charge is 0.236 e. The topological polar surface area (TPSA) is 66.6 Å². The lowest BCUT2D eigenvalue weighted by Crippen LogP contribution is -2.49. The molecule has 1 unspecified atom stereocenters. The molecule has 2 heterocycles. The SMILES string of the molecule is NC(=O)C1CCN(CC(=O)N2CCCCC2CCc2ccccc2)CC1.